The summed E-state index contributed by atoms with van der Waals surface area (Å²) >= 11 is 3.53. The average Bonchev–Trinajstić information content (AvgIpc) is 2.84. The third kappa shape index (κ3) is 1.32. The van der Waals surface area contributed by atoms with Crippen LogP contribution in [0.2, 0.25) is 0 Å². The molecule has 68 valence electrons. The van der Waals surface area contributed by atoms with Crippen molar-refractivity contribution in [2.75, 3.05) is 0 Å². The molecule has 1 N–H and O–H groups in total. The van der Waals surface area contributed by atoms with Crippen LogP contribution in [0.1, 0.15) is 24.0 Å². The van der Waals surface area contributed by atoms with E-state index in [-0.39, 0.29) is 0 Å². The lowest BCUT2D eigenvalue weighted by Gasteiger charge is -2.25. The summed E-state index contributed by atoms with van der Waals surface area (Å²) in [5, 5.41) is 3.63. The highest BCUT2D eigenvalue weighted by Crippen LogP contribution is 2.42. The Hall–Kier alpha value is -0.340. The molecule has 1 spiro atoms. The van der Waals surface area contributed by atoms with Crippen molar-refractivity contribution in [2.45, 2.75) is 31.3 Å². The van der Waals surface area contributed by atoms with Crippen molar-refractivity contribution in [1.29, 1.82) is 0 Å². The van der Waals surface area contributed by atoms with Gasteiger partial charge in [-0.1, -0.05) is 22.0 Å². The standard InChI is InChI=1S/C11H12BrN/c12-10-2-1-8-7-13-11(3-4-11)6-9(8)5-10/h1-2,5,13H,3-4,6-7H2. The number of hydrogen-bond acceptors (Lipinski definition) is 1. The molecule has 1 fully saturated rings. The molecular weight excluding hydrogens is 226 g/mol. The predicted molar refractivity (Wildman–Crippen MR) is 56.7 cm³/mol. The molecule has 1 aliphatic carbocycles. The van der Waals surface area contributed by atoms with Gasteiger partial charge in [0, 0.05) is 16.6 Å². The third-order valence-corrected chi connectivity index (χ3v) is 3.70. The Balaban J connectivity index is 2.02. The Labute approximate surface area is 86.7 Å². The predicted octanol–water partition coefficient (Wildman–Crippen LogP) is 2.63. The fourth-order valence-corrected chi connectivity index (χ4v) is 2.55. The van der Waals surface area contributed by atoms with Crippen molar-refractivity contribution >= 4 is 15.9 Å². The maximum Gasteiger partial charge on any atom is 0.0226 e. The van der Waals surface area contributed by atoms with Crippen LogP contribution in [0.4, 0.5) is 0 Å². The largest absolute Gasteiger partial charge is 0.307 e. The zero-order valence-electron chi connectivity index (χ0n) is 7.44. The molecule has 0 amide bonds. The second-order valence-corrected chi connectivity index (χ2v) is 5.14. The first kappa shape index (κ1) is 8.01. The second-order valence-electron chi connectivity index (χ2n) is 4.22. The van der Waals surface area contributed by atoms with Crippen LogP contribution >= 0.6 is 15.9 Å². The molecule has 3 rings (SSSR count). The van der Waals surface area contributed by atoms with Gasteiger partial charge in [0.15, 0.2) is 0 Å². The number of halogens is 1. The molecule has 2 heteroatoms. The van der Waals surface area contributed by atoms with E-state index in [1.165, 1.54) is 34.9 Å². The van der Waals surface area contributed by atoms with E-state index in [2.05, 4.69) is 39.4 Å². The minimum atomic E-state index is 0.494. The van der Waals surface area contributed by atoms with E-state index in [9.17, 15) is 0 Å². The highest BCUT2D eigenvalue weighted by molar-refractivity contribution is 9.10. The number of nitrogens with one attached hydrogen (secondary N) is 1. The Kier molecular flexibility index (Phi) is 1.59. The van der Waals surface area contributed by atoms with Crippen molar-refractivity contribution in [1.82, 2.24) is 5.32 Å². The lowest BCUT2D eigenvalue weighted by molar-refractivity contribution is 0.464. The lowest BCUT2D eigenvalue weighted by atomic mass is 9.94. The van der Waals surface area contributed by atoms with Gasteiger partial charge in [0.1, 0.15) is 0 Å². The monoisotopic (exact) mass is 237 g/mol. The third-order valence-electron chi connectivity index (χ3n) is 3.20. The van der Waals surface area contributed by atoms with Crippen molar-refractivity contribution in [3.8, 4) is 0 Å². The number of fused-ring (bicyclic) bond motifs is 1. The van der Waals surface area contributed by atoms with Gasteiger partial charge in [0.2, 0.25) is 0 Å². The molecule has 1 heterocycles. The topological polar surface area (TPSA) is 12.0 Å². The molecule has 1 aromatic carbocycles. The highest BCUT2D eigenvalue weighted by Gasteiger charge is 2.44. The van der Waals surface area contributed by atoms with Crippen LogP contribution in [0, 0.1) is 0 Å². The van der Waals surface area contributed by atoms with Crippen molar-refractivity contribution < 1.29 is 0 Å². The van der Waals surface area contributed by atoms with Gasteiger partial charge in [0.05, 0.1) is 0 Å². The number of rotatable bonds is 0. The summed E-state index contributed by atoms with van der Waals surface area (Å²) in [6.07, 6.45) is 3.94. The molecule has 1 aliphatic heterocycles. The smallest absolute Gasteiger partial charge is 0.0226 e. The molecule has 2 aliphatic rings. The Bertz CT molecular complexity index is 355. The summed E-state index contributed by atoms with van der Waals surface area (Å²) in [6.45, 7) is 1.06. The molecular formula is C11H12BrN. The lowest BCUT2D eigenvalue weighted by Crippen LogP contribution is -2.37. The van der Waals surface area contributed by atoms with E-state index in [0.29, 0.717) is 5.54 Å². The molecule has 0 unspecified atom stereocenters. The van der Waals surface area contributed by atoms with Gasteiger partial charge in [0.25, 0.3) is 0 Å². The Morgan fingerprint density at radius 1 is 1.23 bits per heavy atom. The van der Waals surface area contributed by atoms with Crippen LogP contribution in [-0.2, 0) is 13.0 Å². The summed E-state index contributed by atoms with van der Waals surface area (Å²) in [7, 11) is 0. The minimum absolute atomic E-state index is 0.494. The van der Waals surface area contributed by atoms with E-state index in [4.69, 9.17) is 0 Å². The fraction of sp³-hybridized carbons (Fsp3) is 0.455. The van der Waals surface area contributed by atoms with Crippen LogP contribution in [0.5, 0.6) is 0 Å². The second kappa shape index (κ2) is 2.58. The molecule has 1 saturated carbocycles. The molecule has 1 aromatic rings. The van der Waals surface area contributed by atoms with E-state index >= 15 is 0 Å². The minimum Gasteiger partial charge on any atom is -0.307 e. The number of benzene rings is 1. The summed E-state index contributed by atoms with van der Waals surface area (Å²) in [5.41, 5.74) is 3.50. The first-order valence-electron chi connectivity index (χ1n) is 4.80. The molecule has 1 nitrogen and oxygen atoms in total. The normalized spacial score (nSPS) is 22.8. The number of hydrogen-bond donors (Lipinski definition) is 1. The van der Waals surface area contributed by atoms with E-state index < -0.39 is 0 Å². The maximum absolute atomic E-state index is 3.63. The van der Waals surface area contributed by atoms with Crippen LogP contribution in [-0.4, -0.2) is 5.54 Å². The molecule has 0 radical (unpaired) electrons. The van der Waals surface area contributed by atoms with Gasteiger partial charge in [-0.05, 0) is 42.5 Å². The first-order valence-corrected chi connectivity index (χ1v) is 5.59. The molecule has 0 aromatic heterocycles. The summed E-state index contributed by atoms with van der Waals surface area (Å²) in [5.74, 6) is 0. The van der Waals surface area contributed by atoms with Gasteiger partial charge in [-0.2, -0.15) is 0 Å². The van der Waals surface area contributed by atoms with Gasteiger partial charge in [-0.25, -0.2) is 0 Å². The summed E-state index contributed by atoms with van der Waals surface area (Å²) < 4.78 is 1.21. The first-order chi connectivity index (χ1) is 6.27. The van der Waals surface area contributed by atoms with Gasteiger partial charge >= 0.3 is 0 Å². The van der Waals surface area contributed by atoms with Crippen LogP contribution in [0.15, 0.2) is 22.7 Å². The Morgan fingerprint density at radius 2 is 2.08 bits per heavy atom. The van der Waals surface area contributed by atoms with Gasteiger partial charge < -0.3 is 5.32 Å². The van der Waals surface area contributed by atoms with Crippen molar-refractivity contribution in [2.24, 2.45) is 0 Å². The van der Waals surface area contributed by atoms with Crippen molar-refractivity contribution in [3.63, 3.8) is 0 Å². The van der Waals surface area contributed by atoms with Crippen LogP contribution < -0.4 is 5.32 Å². The molecule has 0 bridgehead atoms. The molecule has 13 heavy (non-hydrogen) atoms. The van der Waals surface area contributed by atoms with Crippen molar-refractivity contribution in [3.05, 3.63) is 33.8 Å². The molecule has 0 atom stereocenters. The average molecular weight is 238 g/mol. The maximum atomic E-state index is 3.63. The van der Waals surface area contributed by atoms with Crippen LogP contribution in [0.3, 0.4) is 0 Å². The zero-order chi connectivity index (χ0) is 8.89. The van der Waals surface area contributed by atoms with E-state index in [0.717, 1.165) is 6.54 Å². The van der Waals surface area contributed by atoms with E-state index in [1.807, 2.05) is 0 Å². The highest BCUT2D eigenvalue weighted by atomic mass is 79.9. The van der Waals surface area contributed by atoms with Gasteiger partial charge in [-0.3, -0.25) is 0 Å². The van der Waals surface area contributed by atoms with E-state index in [1.54, 1.807) is 0 Å². The molecule has 0 saturated heterocycles. The summed E-state index contributed by atoms with van der Waals surface area (Å²) in [6, 6.07) is 6.63. The quantitative estimate of drug-likeness (QED) is 0.732. The Morgan fingerprint density at radius 3 is 2.85 bits per heavy atom. The van der Waals surface area contributed by atoms with Crippen LogP contribution in [0.25, 0.3) is 0 Å². The van der Waals surface area contributed by atoms with Gasteiger partial charge in [-0.15, -0.1) is 0 Å². The SMILES string of the molecule is Brc1ccc2c(c1)CC1(CC1)NC2. The fourth-order valence-electron chi connectivity index (χ4n) is 2.15. The summed E-state index contributed by atoms with van der Waals surface area (Å²) in [4.78, 5) is 0. The zero-order valence-corrected chi connectivity index (χ0v) is 9.02.